The lowest BCUT2D eigenvalue weighted by Gasteiger charge is -2.15. The summed E-state index contributed by atoms with van der Waals surface area (Å²) in [4.78, 5) is 0. The van der Waals surface area contributed by atoms with E-state index in [4.69, 9.17) is 5.73 Å². The Kier molecular flexibility index (Phi) is 4.35. The van der Waals surface area contributed by atoms with Crippen LogP contribution in [0.15, 0.2) is 42.5 Å². The van der Waals surface area contributed by atoms with Gasteiger partial charge >= 0.3 is 0 Å². The van der Waals surface area contributed by atoms with Gasteiger partial charge in [-0.25, -0.2) is 0 Å². The SMILES string of the molecule is Cc1ccc(C)c(C(O)c2ccc(CCN)cc2)c1. The van der Waals surface area contributed by atoms with E-state index in [0.29, 0.717) is 6.54 Å². The van der Waals surface area contributed by atoms with Gasteiger partial charge in [0, 0.05) is 0 Å². The van der Waals surface area contributed by atoms with Gasteiger partial charge in [0.2, 0.25) is 0 Å². The predicted octanol–water partition coefficient (Wildman–Crippen LogP) is 2.89. The minimum Gasteiger partial charge on any atom is -0.384 e. The van der Waals surface area contributed by atoms with Gasteiger partial charge in [-0.05, 0) is 49.1 Å². The monoisotopic (exact) mass is 255 g/mol. The summed E-state index contributed by atoms with van der Waals surface area (Å²) in [6.07, 6.45) is 0.312. The Morgan fingerprint density at radius 2 is 1.74 bits per heavy atom. The minimum absolute atomic E-state index is 0.563. The van der Waals surface area contributed by atoms with Crippen LogP contribution in [0.1, 0.15) is 33.9 Å². The molecule has 2 nitrogen and oxygen atoms in total. The molecular weight excluding hydrogens is 234 g/mol. The van der Waals surface area contributed by atoms with E-state index < -0.39 is 6.10 Å². The zero-order valence-electron chi connectivity index (χ0n) is 11.6. The largest absolute Gasteiger partial charge is 0.384 e. The van der Waals surface area contributed by atoms with Crippen LogP contribution in [0.25, 0.3) is 0 Å². The first-order valence-corrected chi connectivity index (χ1v) is 6.66. The Bertz CT molecular complexity index is 546. The summed E-state index contributed by atoms with van der Waals surface area (Å²) in [5.41, 5.74) is 10.9. The molecule has 0 aromatic heterocycles. The molecule has 0 aliphatic rings. The van der Waals surface area contributed by atoms with Gasteiger partial charge in [0.25, 0.3) is 0 Å². The van der Waals surface area contributed by atoms with Gasteiger partial charge in [0.05, 0.1) is 0 Å². The number of benzene rings is 2. The highest BCUT2D eigenvalue weighted by Gasteiger charge is 2.12. The third kappa shape index (κ3) is 3.22. The predicted molar refractivity (Wildman–Crippen MR) is 79.2 cm³/mol. The minimum atomic E-state index is -0.563. The molecule has 0 spiro atoms. The standard InChI is InChI=1S/C17H21NO/c1-12-3-4-13(2)16(11-12)17(19)15-7-5-14(6-8-15)9-10-18/h3-8,11,17,19H,9-10,18H2,1-2H3. The first-order valence-electron chi connectivity index (χ1n) is 6.66. The fourth-order valence-electron chi connectivity index (χ4n) is 2.27. The molecule has 2 aromatic rings. The van der Waals surface area contributed by atoms with Gasteiger partial charge in [0.1, 0.15) is 6.10 Å². The first kappa shape index (κ1) is 13.8. The first-order chi connectivity index (χ1) is 9.11. The number of hydrogen-bond donors (Lipinski definition) is 2. The highest BCUT2D eigenvalue weighted by molar-refractivity contribution is 5.38. The second-order valence-electron chi connectivity index (χ2n) is 5.04. The average molecular weight is 255 g/mol. The molecule has 0 saturated carbocycles. The van der Waals surface area contributed by atoms with Crippen LogP contribution in [0.5, 0.6) is 0 Å². The summed E-state index contributed by atoms with van der Waals surface area (Å²) < 4.78 is 0. The van der Waals surface area contributed by atoms with Crippen LogP contribution in [0.3, 0.4) is 0 Å². The zero-order chi connectivity index (χ0) is 13.8. The van der Waals surface area contributed by atoms with Gasteiger partial charge < -0.3 is 10.8 Å². The normalized spacial score (nSPS) is 12.4. The molecular formula is C17H21NO. The maximum atomic E-state index is 10.5. The van der Waals surface area contributed by atoms with Crippen molar-refractivity contribution in [2.45, 2.75) is 26.4 Å². The Labute approximate surface area is 114 Å². The second kappa shape index (κ2) is 6.00. The van der Waals surface area contributed by atoms with Crippen LogP contribution in [-0.4, -0.2) is 11.7 Å². The summed E-state index contributed by atoms with van der Waals surface area (Å²) in [6.45, 7) is 4.72. The van der Waals surface area contributed by atoms with E-state index in [1.165, 1.54) is 11.1 Å². The zero-order valence-corrected chi connectivity index (χ0v) is 11.6. The molecule has 0 aliphatic carbocycles. The molecule has 19 heavy (non-hydrogen) atoms. The third-order valence-electron chi connectivity index (χ3n) is 3.46. The number of rotatable bonds is 4. The average Bonchev–Trinajstić information content (AvgIpc) is 2.42. The van der Waals surface area contributed by atoms with Crippen LogP contribution in [0, 0.1) is 13.8 Å². The Morgan fingerprint density at radius 3 is 2.37 bits per heavy atom. The lowest BCUT2D eigenvalue weighted by atomic mass is 9.95. The molecule has 100 valence electrons. The maximum Gasteiger partial charge on any atom is 0.104 e. The van der Waals surface area contributed by atoms with E-state index in [-0.39, 0.29) is 0 Å². The molecule has 2 heteroatoms. The fourth-order valence-corrected chi connectivity index (χ4v) is 2.27. The summed E-state index contributed by atoms with van der Waals surface area (Å²) in [5, 5.41) is 10.5. The highest BCUT2D eigenvalue weighted by Crippen LogP contribution is 2.25. The molecule has 0 aliphatic heterocycles. The second-order valence-corrected chi connectivity index (χ2v) is 5.04. The van der Waals surface area contributed by atoms with E-state index in [1.54, 1.807) is 0 Å². The molecule has 2 rings (SSSR count). The van der Waals surface area contributed by atoms with Crippen molar-refractivity contribution in [1.29, 1.82) is 0 Å². The van der Waals surface area contributed by atoms with Crippen LogP contribution in [0.2, 0.25) is 0 Å². The van der Waals surface area contributed by atoms with E-state index in [0.717, 1.165) is 23.1 Å². The van der Waals surface area contributed by atoms with E-state index in [1.807, 2.05) is 44.2 Å². The molecule has 0 amide bonds. The summed E-state index contributed by atoms with van der Waals surface area (Å²) in [6, 6.07) is 14.2. The molecule has 2 aromatic carbocycles. The number of aryl methyl sites for hydroxylation is 2. The number of nitrogens with two attached hydrogens (primary N) is 1. The van der Waals surface area contributed by atoms with Crippen molar-refractivity contribution in [3.05, 3.63) is 70.3 Å². The van der Waals surface area contributed by atoms with Crippen molar-refractivity contribution in [2.24, 2.45) is 5.73 Å². The molecule has 1 atom stereocenters. The highest BCUT2D eigenvalue weighted by atomic mass is 16.3. The van der Waals surface area contributed by atoms with Crippen LogP contribution in [-0.2, 0) is 6.42 Å². The van der Waals surface area contributed by atoms with Crippen molar-refractivity contribution in [3.8, 4) is 0 Å². The Morgan fingerprint density at radius 1 is 1.05 bits per heavy atom. The molecule has 0 heterocycles. The Hall–Kier alpha value is -1.64. The van der Waals surface area contributed by atoms with Gasteiger partial charge in [-0.1, -0.05) is 48.0 Å². The Balaban J connectivity index is 2.27. The topological polar surface area (TPSA) is 46.2 Å². The lowest BCUT2D eigenvalue weighted by Crippen LogP contribution is -2.04. The quantitative estimate of drug-likeness (QED) is 0.882. The van der Waals surface area contributed by atoms with E-state index in [2.05, 4.69) is 12.1 Å². The molecule has 1 unspecified atom stereocenters. The smallest absolute Gasteiger partial charge is 0.104 e. The van der Waals surface area contributed by atoms with Crippen molar-refractivity contribution in [1.82, 2.24) is 0 Å². The van der Waals surface area contributed by atoms with Gasteiger partial charge in [-0.15, -0.1) is 0 Å². The number of aliphatic hydroxyl groups is 1. The molecule has 0 radical (unpaired) electrons. The lowest BCUT2D eigenvalue weighted by molar-refractivity contribution is 0.219. The van der Waals surface area contributed by atoms with Crippen LogP contribution < -0.4 is 5.73 Å². The van der Waals surface area contributed by atoms with Crippen LogP contribution >= 0.6 is 0 Å². The van der Waals surface area contributed by atoms with Crippen molar-refractivity contribution < 1.29 is 5.11 Å². The van der Waals surface area contributed by atoms with E-state index >= 15 is 0 Å². The summed E-state index contributed by atoms with van der Waals surface area (Å²) in [7, 11) is 0. The maximum absolute atomic E-state index is 10.5. The van der Waals surface area contributed by atoms with Crippen molar-refractivity contribution in [3.63, 3.8) is 0 Å². The van der Waals surface area contributed by atoms with Crippen molar-refractivity contribution >= 4 is 0 Å². The van der Waals surface area contributed by atoms with Gasteiger partial charge in [-0.3, -0.25) is 0 Å². The molecule has 0 fully saturated rings. The van der Waals surface area contributed by atoms with Crippen molar-refractivity contribution in [2.75, 3.05) is 6.54 Å². The molecule has 0 saturated heterocycles. The van der Waals surface area contributed by atoms with Crippen LogP contribution in [0.4, 0.5) is 0 Å². The number of hydrogen-bond acceptors (Lipinski definition) is 2. The summed E-state index contributed by atoms with van der Waals surface area (Å²) >= 11 is 0. The van der Waals surface area contributed by atoms with Gasteiger partial charge in [-0.2, -0.15) is 0 Å². The third-order valence-corrected chi connectivity index (χ3v) is 3.46. The fraction of sp³-hybridized carbons (Fsp3) is 0.294. The number of aliphatic hydroxyl groups excluding tert-OH is 1. The molecule has 3 N–H and O–H groups in total. The molecule has 0 bridgehead atoms. The van der Waals surface area contributed by atoms with E-state index in [9.17, 15) is 5.11 Å². The summed E-state index contributed by atoms with van der Waals surface area (Å²) in [5.74, 6) is 0. The van der Waals surface area contributed by atoms with Gasteiger partial charge in [0.15, 0.2) is 0 Å².